The van der Waals surface area contributed by atoms with Crippen LogP contribution in [-0.4, -0.2) is 49.5 Å². The minimum absolute atomic E-state index is 0.00571. The van der Waals surface area contributed by atoms with Gasteiger partial charge in [0.05, 0.1) is 11.9 Å². The smallest absolute Gasteiger partial charge is 0.264 e. The molecule has 0 aliphatic rings. The van der Waals surface area contributed by atoms with Crippen LogP contribution in [0.1, 0.15) is 44.5 Å². The fourth-order valence-corrected chi connectivity index (χ4v) is 3.40. The molecule has 3 aromatic rings. The molecule has 0 fully saturated rings. The number of aldehydes is 1. The number of hydrogen-bond donors (Lipinski definition) is 3. The van der Waals surface area contributed by atoms with E-state index in [9.17, 15) is 14.4 Å². The minimum atomic E-state index is -0.107. The van der Waals surface area contributed by atoms with Gasteiger partial charge in [0.15, 0.2) is 6.29 Å². The highest BCUT2D eigenvalue weighted by Crippen LogP contribution is 2.22. The van der Waals surface area contributed by atoms with Crippen LogP contribution in [-0.2, 0) is 9.59 Å². The quantitative estimate of drug-likeness (QED) is 0.132. The predicted molar refractivity (Wildman–Crippen MR) is 165 cm³/mol. The topological polar surface area (TPSA) is 131 Å². The summed E-state index contributed by atoms with van der Waals surface area (Å²) in [5.41, 5.74) is 7.60. The largest absolute Gasteiger partial charge is 0.382 e. The first-order valence-corrected chi connectivity index (χ1v) is 12.8. The van der Waals surface area contributed by atoms with E-state index in [0.29, 0.717) is 23.6 Å². The molecule has 1 unspecified atom stereocenters. The lowest BCUT2D eigenvalue weighted by Crippen LogP contribution is -2.27. The lowest BCUT2D eigenvalue weighted by Gasteiger charge is -2.19. The van der Waals surface area contributed by atoms with Crippen LogP contribution in [0.15, 0.2) is 82.2 Å². The molecule has 0 bridgehead atoms. The zero-order valence-corrected chi connectivity index (χ0v) is 23.8. The summed E-state index contributed by atoms with van der Waals surface area (Å²) in [4.78, 5) is 41.1. The highest BCUT2D eigenvalue weighted by Gasteiger charge is 2.16. The van der Waals surface area contributed by atoms with E-state index in [1.807, 2.05) is 68.6 Å². The standard InChI is InChI=1S/C22H21N3O2.C6H9N3O.C3H8/c1-16(23-2)20-14-18-9-6-8-17(10-7-13-24-15-26)21(18)22(27)25(20)19-11-4-3-5-12-19;1-3-9-5(4-10)6(7)8-2;1-3-2/h3-6,8-9,11-12,14-16,23H,13H2,1-2H3,(H,24,26);3-4H,1H2,2H3,(H2,7,8);3H2,1-2H3. The van der Waals surface area contributed by atoms with E-state index in [1.54, 1.807) is 4.57 Å². The molecule has 40 heavy (non-hydrogen) atoms. The number of fused-ring (bicyclic) bond motifs is 1. The van der Waals surface area contributed by atoms with E-state index >= 15 is 0 Å². The minimum Gasteiger partial charge on any atom is -0.382 e. The number of hydrogen-bond acceptors (Lipinski definition) is 6. The summed E-state index contributed by atoms with van der Waals surface area (Å²) in [5.74, 6) is 6.00. The first-order chi connectivity index (χ1) is 19.3. The van der Waals surface area contributed by atoms with E-state index in [2.05, 4.69) is 52.9 Å². The van der Waals surface area contributed by atoms with Crippen LogP contribution in [0.2, 0.25) is 0 Å². The average molecular weight is 543 g/mol. The molecule has 210 valence electrons. The number of amides is 1. The molecule has 2 aromatic carbocycles. The van der Waals surface area contributed by atoms with E-state index < -0.39 is 0 Å². The second kappa shape index (κ2) is 18.4. The highest BCUT2D eigenvalue weighted by atomic mass is 16.1. The Bertz CT molecular complexity index is 1450. The number of rotatable bonds is 8. The third-order valence-corrected chi connectivity index (χ3v) is 5.31. The zero-order valence-electron chi connectivity index (χ0n) is 23.8. The number of nitrogens with two attached hydrogens (primary N) is 1. The summed E-state index contributed by atoms with van der Waals surface area (Å²) in [6.07, 6.45) is 3.62. The molecule has 0 saturated carbocycles. The first kappa shape index (κ1) is 33.2. The molecule has 9 heteroatoms. The van der Waals surface area contributed by atoms with Crippen molar-refractivity contribution in [1.82, 2.24) is 15.2 Å². The molecule has 0 radical (unpaired) electrons. The van der Waals surface area contributed by atoms with Gasteiger partial charge < -0.3 is 16.4 Å². The normalized spacial score (nSPS) is 11.4. The Morgan fingerprint density at radius 1 is 1.15 bits per heavy atom. The number of carbonyl (C=O) groups excluding carboxylic acids is 2. The van der Waals surface area contributed by atoms with Gasteiger partial charge in [-0.3, -0.25) is 28.9 Å². The molecule has 9 nitrogen and oxygen atoms in total. The van der Waals surface area contributed by atoms with Crippen molar-refractivity contribution in [3.8, 4) is 17.5 Å². The van der Waals surface area contributed by atoms with E-state index in [1.165, 1.54) is 19.7 Å². The highest BCUT2D eigenvalue weighted by molar-refractivity contribution is 6.60. The Kier molecular flexibility index (Phi) is 15.3. The van der Waals surface area contributed by atoms with Crippen molar-refractivity contribution in [2.45, 2.75) is 33.2 Å². The van der Waals surface area contributed by atoms with Gasteiger partial charge in [0, 0.05) is 36.2 Å². The molecule has 4 N–H and O–H groups in total. The molecule has 0 spiro atoms. The predicted octanol–water partition coefficient (Wildman–Crippen LogP) is 3.54. The summed E-state index contributed by atoms with van der Waals surface area (Å²) < 4.78 is 1.73. The second-order valence-electron chi connectivity index (χ2n) is 8.26. The summed E-state index contributed by atoms with van der Waals surface area (Å²) in [6, 6.07) is 17.2. The molecular weight excluding hydrogens is 504 g/mol. The maximum atomic E-state index is 13.5. The summed E-state index contributed by atoms with van der Waals surface area (Å²) in [5, 5.41) is 7.14. The van der Waals surface area contributed by atoms with Gasteiger partial charge in [0.2, 0.25) is 6.41 Å². The number of para-hydroxylation sites is 1. The van der Waals surface area contributed by atoms with Gasteiger partial charge in [-0.2, -0.15) is 0 Å². The third-order valence-electron chi connectivity index (χ3n) is 5.31. The van der Waals surface area contributed by atoms with Gasteiger partial charge in [-0.25, -0.2) is 0 Å². The Morgan fingerprint density at radius 2 is 1.82 bits per heavy atom. The summed E-state index contributed by atoms with van der Waals surface area (Å²) >= 11 is 0. The number of aliphatic imine (C=N–C) groups is 2. The average Bonchev–Trinajstić information content (AvgIpc) is 2.98. The van der Waals surface area contributed by atoms with Gasteiger partial charge in [0.25, 0.3) is 5.56 Å². The molecular formula is C31H38N6O3. The lowest BCUT2D eigenvalue weighted by atomic mass is 10.0. The van der Waals surface area contributed by atoms with Crippen LogP contribution in [0, 0.1) is 11.8 Å². The molecule has 0 aliphatic carbocycles. The van der Waals surface area contributed by atoms with Crippen molar-refractivity contribution >= 4 is 35.0 Å². The van der Waals surface area contributed by atoms with Crippen LogP contribution in [0.5, 0.6) is 0 Å². The number of benzene rings is 2. The van der Waals surface area contributed by atoms with Crippen LogP contribution in [0.4, 0.5) is 0 Å². The number of aromatic nitrogens is 1. The maximum Gasteiger partial charge on any atom is 0.264 e. The number of pyridine rings is 1. The lowest BCUT2D eigenvalue weighted by molar-refractivity contribution is -0.109. The fraction of sp³-hybridized carbons (Fsp3) is 0.258. The van der Waals surface area contributed by atoms with Crippen LogP contribution >= 0.6 is 0 Å². The van der Waals surface area contributed by atoms with Crippen LogP contribution < -0.4 is 21.9 Å². The Morgan fingerprint density at radius 3 is 2.38 bits per heavy atom. The third kappa shape index (κ3) is 9.49. The molecule has 0 aliphatic heterocycles. The van der Waals surface area contributed by atoms with Gasteiger partial charge >= 0.3 is 0 Å². The SMILES string of the molecule is C=CN=C(C=O)C(N)=NC.CCC.CNC(C)c1cc2cccc(C#CCNC=O)c2c(=O)n1-c1ccccc1. The second-order valence-corrected chi connectivity index (χ2v) is 8.26. The zero-order chi connectivity index (χ0) is 29.9. The Balaban J connectivity index is 0.000000517. The van der Waals surface area contributed by atoms with E-state index in [-0.39, 0.29) is 29.7 Å². The monoisotopic (exact) mass is 542 g/mol. The number of carbonyl (C=O) groups is 2. The molecule has 1 heterocycles. The number of nitrogens with one attached hydrogen (secondary N) is 2. The summed E-state index contributed by atoms with van der Waals surface area (Å²) in [6.45, 7) is 9.82. The van der Waals surface area contributed by atoms with Gasteiger partial charge in [-0.05, 0) is 43.6 Å². The molecule has 1 atom stereocenters. The van der Waals surface area contributed by atoms with Crippen molar-refractivity contribution in [2.24, 2.45) is 15.7 Å². The van der Waals surface area contributed by atoms with Crippen LogP contribution in [0.3, 0.4) is 0 Å². The molecule has 3 rings (SSSR count). The maximum absolute atomic E-state index is 13.5. The van der Waals surface area contributed by atoms with E-state index in [0.717, 1.165) is 16.8 Å². The summed E-state index contributed by atoms with van der Waals surface area (Å²) in [7, 11) is 3.36. The Hall–Kier alpha value is -4.81. The van der Waals surface area contributed by atoms with E-state index in [4.69, 9.17) is 5.73 Å². The van der Waals surface area contributed by atoms with Crippen molar-refractivity contribution < 1.29 is 9.59 Å². The van der Waals surface area contributed by atoms with Gasteiger partial charge in [-0.15, -0.1) is 0 Å². The molecule has 1 amide bonds. The van der Waals surface area contributed by atoms with Crippen molar-refractivity contribution in [1.29, 1.82) is 0 Å². The fourth-order valence-electron chi connectivity index (χ4n) is 3.40. The molecule has 0 saturated heterocycles. The van der Waals surface area contributed by atoms with Crippen LogP contribution in [0.25, 0.3) is 16.5 Å². The number of nitrogens with zero attached hydrogens (tertiary/aromatic N) is 3. The molecule has 1 aromatic heterocycles. The first-order valence-electron chi connectivity index (χ1n) is 12.8. The van der Waals surface area contributed by atoms with Crippen molar-refractivity contribution in [2.75, 3.05) is 20.6 Å². The Labute approximate surface area is 235 Å². The number of amidine groups is 1. The van der Waals surface area contributed by atoms with Gasteiger partial charge in [0.1, 0.15) is 11.5 Å². The van der Waals surface area contributed by atoms with Crippen molar-refractivity contribution in [3.05, 3.63) is 89.0 Å². The van der Waals surface area contributed by atoms with Gasteiger partial charge in [-0.1, -0.05) is 69.0 Å². The van der Waals surface area contributed by atoms with Crippen molar-refractivity contribution in [3.63, 3.8) is 0 Å².